The van der Waals surface area contributed by atoms with E-state index in [4.69, 9.17) is 11.6 Å². The van der Waals surface area contributed by atoms with E-state index in [1.807, 2.05) is 25.8 Å². The molecular formula is C19H30ClFN4O2+2. The van der Waals surface area contributed by atoms with Gasteiger partial charge in [-0.05, 0) is 26.0 Å². The van der Waals surface area contributed by atoms with Gasteiger partial charge in [0.15, 0.2) is 13.1 Å². The minimum absolute atomic E-state index is 0.0469. The van der Waals surface area contributed by atoms with Crippen molar-refractivity contribution in [2.45, 2.75) is 26.4 Å². The maximum atomic E-state index is 13.9. The molecule has 1 aromatic rings. The molecule has 1 fully saturated rings. The Balaban J connectivity index is 1.78. The third-order valence-corrected chi connectivity index (χ3v) is 5.03. The number of nitrogens with zero attached hydrogens (tertiary/aromatic N) is 1. The third-order valence-electron chi connectivity index (χ3n) is 4.68. The summed E-state index contributed by atoms with van der Waals surface area (Å²) in [5.74, 6) is -0.248. The zero-order valence-corrected chi connectivity index (χ0v) is 17.0. The second-order valence-electron chi connectivity index (χ2n) is 7.54. The number of nitrogens with one attached hydrogen (secondary N) is 3. The fraction of sp³-hybridized carbons (Fsp3) is 0.579. The summed E-state index contributed by atoms with van der Waals surface area (Å²) in [7, 11) is 1.86. The highest BCUT2D eigenvalue weighted by Crippen LogP contribution is 2.17. The van der Waals surface area contributed by atoms with Crippen molar-refractivity contribution in [3.63, 3.8) is 0 Å². The molecule has 1 unspecified atom stereocenters. The smallest absolute Gasteiger partial charge is 0.278 e. The predicted molar refractivity (Wildman–Crippen MR) is 102 cm³/mol. The molecule has 3 N–H and O–H groups in total. The van der Waals surface area contributed by atoms with Crippen LogP contribution in [0.3, 0.4) is 0 Å². The zero-order valence-electron chi connectivity index (χ0n) is 16.3. The summed E-state index contributed by atoms with van der Waals surface area (Å²) in [6, 6.07) is 4.76. The predicted octanol–water partition coefficient (Wildman–Crippen LogP) is -1.25. The second kappa shape index (κ2) is 10.0. The first-order chi connectivity index (χ1) is 12.8. The number of hydrogen-bond acceptors (Lipinski definition) is 2. The first-order valence-electron chi connectivity index (χ1n) is 9.41. The van der Waals surface area contributed by atoms with E-state index in [9.17, 15) is 14.0 Å². The minimum Gasteiger partial charge on any atom is -0.349 e. The monoisotopic (exact) mass is 400 g/mol. The summed E-state index contributed by atoms with van der Waals surface area (Å²) in [6.45, 7) is 7.76. The van der Waals surface area contributed by atoms with Crippen molar-refractivity contribution in [2.75, 3.05) is 46.3 Å². The number of hydrogen-bond donors (Lipinski definition) is 3. The largest absolute Gasteiger partial charge is 0.349 e. The SMILES string of the molecule is CC(C)NC(=O)C[NH+]1CCN(C(=O)C[NH+](C)Cc2c(F)cccc2Cl)CC1. The first-order valence-corrected chi connectivity index (χ1v) is 9.79. The lowest BCUT2D eigenvalue weighted by Gasteiger charge is -2.32. The second-order valence-corrected chi connectivity index (χ2v) is 7.95. The molecule has 8 heteroatoms. The van der Waals surface area contributed by atoms with E-state index < -0.39 is 0 Å². The van der Waals surface area contributed by atoms with Gasteiger partial charge in [-0.2, -0.15) is 0 Å². The molecular weight excluding hydrogens is 371 g/mol. The Kier molecular flexibility index (Phi) is 8.01. The number of carbonyl (C=O) groups is 2. The summed E-state index contributed by atoms with van der Waals surface area (Å²) >= 11 is 6.06. The third kappa shape index (κ3) is 6.75. The Hall–Kier alpha value is -1.70. The quantitative estimate of drug-likeness (QED) is 0.535. The summed E-state index contributed by atoms with van der Waals surface area (Å²) in [4.78, 5) is 28.3. The van der Waals surface area contributed by atoms with Gasteiger partial charge in [0.05, 0.1) is 43.8 Å². The number of halogens is 2. The van der Waals surface area contributed by atoms with Gasteiger partial charge in [-0.3, -0.25) is 9.59 Å². The number of carbonyl (C=O) groups excluding carboxylic acids is 2. The Morgan fingerprint density at radius 3 is 2.59 bits per heavy atom. The molecule has 1 heterocycles. The minimum atomic E-state index is -0.341. The van der Waals surface area contributed by atoms with E-state index in [0.717, 1.165) is 18.0 Å². The van der Waals surface area contributed by atoms with Crippen molar-refractivity contribution in [3.05, 3.63) is 34.6 Å². The van der Waals surface area contributed by atoms with Crippen LogP contribution in [0.2, 0.25) is 5.02 Å². The van der Waals surface area contributed by atoms with Gasteiger partial charge >= 0.3 is 0 Å². The highest BCUT2D eigenvalue weighted by Gasteiger charge is 2.27. The van der Waals surface area contributed by atoms with Crippen LogP contribution < -0.4 is 15.1 Å². The average molecular weight is 401 g/mol. The number of rotatable bonds is 7. The van der Waals surface area contributed by atoms with Crippen LogP contribution in [0, 0.1) is 5.82 Å². The number of piperazine rings is 1. The van der Waals surface area contributed by atoms with Crippen molar-refractivity contribution in [3.8, 4) is 0 Å². The van der Waals surface area contributed by atoms with Crippen LogP contribution in [-0.2, 0) is 16.1 Å². The lowest BCUT2D eigenvalue weighted by molar-refractivity contribution is -0.897. The lowest BCUT2D eigenvalue weighted by atomic mass is 10.2. The molecule has 0 saturated carbocycles. The molecule has 1 aliphatic heterocycles. The normalized spacial score (nSPS) is 16.4. The molecule has 1 aliphatic rings. The molecule has 2 amide bonds. The standard InChI is InChI=1S/C19H28ClFN4O2/c1-14(2)22-18(26)12-24-7-9-25(10-8-24)19(27)13-23(3)11-15-16(20)5-4-6-17(15)21/h4-6,14H,7-13H2,1-3H3,(H,22,26)/p+2. The fourth-order valence-electron chi connectivity index (χ4n) is 3.28. The van der Waals surface area contributed by atoms with Gasteiger partial charge in [-0.1, -0.05) is 17.7 Å². The Morgan fingerprint density at radius 2 is 2.00 bits per heavy atom. The highest BCUT2D eigenvalue weighted by molar-refractivity contribution is 6.31. The summed E-state index contributed by atoms with van der Waals surface area (Å²) in [5, 5.41) is 3.28. The summed E-state index contributed by atoms with van der Waals surface area (Å²) in [6.07, 6.45) is 0. The van der Waals surface area contributed by atoms with Gasteiger partial charge in [0.1, 0.15) is 12.4 Å². The molecule has 1 aromatic carbocycles. The van der Waals surface area contributed by atoms with Gasteiger partial charge < -0.3 is 20.0 Å². The first kappa shape index (κ1) is 21.6. The molecule has 0 spiro atoms. The Labute approximate surface area is 165 Å². The van der Waals surface area contributed by atoms with Gasteiger partial charge in [0.25, 0.3) is 11.8 Å². The van der Waals surface area contributed by atoms with Gasteiger partial charge in [-0.15, -0.1) is 0 Å². The van der Waals surface area contributed by atoms with Crippen LogP contribution in [0.25, 0.3) is 0 Å². The van der Waals surface area contributed by atoms with Crippen molar-refractivity contribution in [2.24, 2.45) is 0 Å². The highest BCUT2D eigenvalue weighted by atomic mass is 35.5. The van der Waals surface area contributed by atoms with Crippen LogP contribution in [0.4, 0.5) is 4.39 Å². The van der Waals surface area contributed by atoms with Crippen LogP contribution in [0.1, 0.15) is 19.4 Å². The molecule has 0 aromatic heterocycles. The van der Waals surface area contributed by atoms with Gasteiger partial charge in [-0.25, -0.2) is 4.39 Å². The molecule has 1 atom stereocenters. The molecule has 27 heavy (non-hydrogen) atoms. The molecule has 1 saturated heterocycles. The number of likely N-dealkylation sites (N-methyl/N-ethyl adjacent to an activating group) is 1. The number of benzene rings is 1. The van der Waals surface area contributed by atoms with E-state index in [-0.39, 0.29) is 30.2 Å². The number of amides is 2. The van der Waals surface area contributed by atoms with E-state index in [1.54, 1.807) is 12.1 Å². The van der Waals surface area contributed by atoms with Crippen LogP contribution >= 0.6 is 11.6 Å². The maximum Gasteiger partial charge on any atom is 0.278 e. The van der Waals surface area contributed by atoms with Crippen molar-refractivity contribution < 1.29 is 23.8 Å². The van der Waals surface area contributed by atoms with Crippen molar-refractivity contribution in [1.82, 2.24) is 10.2 Å². The molecule has 2 rings (SSSR count). The topological polar surface area (TPSA) is 58.3 Å². The average Bonchev–Trinajstić information content (AvgIpc) is 2.58. The molecule has 6 nitrogen and oxygen atoms in total. The molecule has 0 radical (unpaired) electrons. The molecule has 0 bridgehead atoms. The van der Waals surface area contributed by atoms with Crippen LogP contribution in [0.5, 0.6) is 0 Å². The lowest BCUT2D eigenvalue weighted by Crippen LogP contribution is -3.16. The maximum absolute atomic E-state index is 13.9. The summed E-state index contributed by atoms with van der Waals surface area (Å²) < 4.78 is 13.9. The van der Waals surface area contributed by atoms with E-state index >= 15 is 0 Å². The van der Waals surface area contributed by atoms with Crippen LogP contribution in [0.15, 0.2) is 18.2 Å². The summed E-state index contributed by atoms with van der Waals surface area (Å²) in [5.41, 5.74) is 0.440. The van der Waals surface area contributed by atoms with Gasteiger partial charge in [0.2, 0.25) is 0 Å². The van der Waals surface area contributed by atoms with Gasteiger partial charge in [0, 0.05) is 6.04 Å². The van der Waals surface area contributed by atoms with E-state index in [0.29, 0.717) is 36.8 Å². The van der Waals surface area contributed by atoms with Crippen LogP contribution in [-0.4, -0.2) is 69.1 Å². The van der Waals surface area contributed by atoms with Crippen molar-refractivity contribution in [1.29, 1.82) is 0 Å². The van der Waals surface area contributed by atoms with E-state index in [2.05, 4.69) is 5.32 Å². The van der Waals surface area contributed by atoms with E-state index in [1.165, 1.54) is 11.0 Å². The number of quaternary nitrogens is 2. The zero-order chi connectivity index (χ0) is 20.0. The molecule has 150 valence electrons. The fourth-order valence-corrected chi connectivity index (χ4v) is 3.51. The Morgan fingerprint density at radius 1 is 1.33 bits per heavy atom. The van der Waals surface area contributed by atoms with Crippen molar-refractivity contribution >= 4 is 23.4 Å². The molecule has 0 aliphatic carbocycles. The Bertz CT molecular complexity index is 643.